The fraction of sp³-hybridized carbons (Fsp3) is 0.278. The minimum atomic E-state index is -1.03. The van der Waals surface area contributed by atoms with Gasteiger partial charge < -0.3 is 9.84 Å². The van der Waals surface area contributed by atoms with Gasteiger partial charge in [-0.3, -0.25) is 4.90 Å². The van der Waals surface area contributed by atoms with Crippen LogP contribution in [0, 0.1) is 0 Å². The van der Waals surface area contributed by atoms with Crippen molar-refractivity contribution in [3.63, 3.8) is 0 Å². The highest BCUT2D eigenvalue weighted by Crippen LogP contribution is 2.32. The number of benzene rings is 1. The molecule has 0 spiro atoms. The predicted molar refractivity (Wildman–Crippen MR) is 101 cm³/mol. The van der Waals surface area contributed by atoms with Crippen LogP contribution in [0.1, 0.15) is 20.8 Å². The van der Waals surface area contributed by atoms with Gasteiger partial charge in [-0.1, -0.05) is 11.6 Å². The number of amides is 1. The van der Waals surface area contributed by atoms with Gasteiger partial charge in [0, 0.05) is 28.9 Å². The first-order valence-electron chi connectivity index (χ1n) is 7.94. The summed E-state index contributed by atoms with van der Waals surface area (Å²) in [6.07, 6.45) is 0.579. The van der Waals surface area contributed by atoms with Crippen LogP contribution in [-0.2, 0) is 0 Å². The molecule has 0 atom stereocenters. The van der Waals surface area contributed by atoms with Gasteiger partial charge in [0.25, 0.3) is 0 Å². The maximum absolute atomic E-state index is 11.7. The predicted octanol–water partition coefficient (Wildman–Crippen LogP) is 4.37. The lowest BCUT2D eigenvalue weighted by atomic mass is 10.1. The number of rotatable bonds is 3. The van der Waals surface area contributed by atoms with E-state index >= 15 is 0 Å². The normalized spacial score (nSPS) is 11.6. The largest absolute Gasteiger partial charge is 0.481 e. The van der Waals surface area contributed by atoms with Crippen LogP contribution in [0.4, 0.5) is 10.5 Å². The molecule has 0 unspecified atom stereocenters. The van der Waals surface area contributed by atoms with Gasteiger partial charge in [0.05, 0.1) is 18.3 Å². The zero-order valence-corrected chi connectivity index (χ0v) is 15.7. The van der Waals surface area contributed by atoms with E-state index in [0.29, 0.717) is 27.9 Å². The third kappa shape index (κ3) is 3.17. The van der Waals surface area contributed by atoms with Gasteiger partial charge in [-0.25, -0.2) is 14.5 Å². The topological polar surface area (TPSA) is 80.5 Å². The van der Waals surface area contributed by atoms with Crippen LogP contribution in [0.15, 0.2) is 36.5 Å². The van der Waals surface area contributed by atoms with E-state index < -0.39 is 11.6 Å². The molecule has 3 aromatic rings. The van der Waals surface area contributed by atoms with Crippen molar-refractivity contribution in [2.24, 2.45) is 0 Å². The van der Waals surface area contributed by atoms with Gasteiger partial charge in [0.15, 0.2) is 0 Å². The van der Waals surface area contributed by atoms with Crippen LogP contribution in [0.2, 0.25) is 5.15 Å². The van der Waals surface area contributed by atoms with Gasteiger partial charge in [-0.05, 0) is 45.0 Å². The fourth-order valence-electron chi connectivity index (χ4n) is 2.78. The average Bonchev–Trinajstić information content (AvgIpc) is 2.90. The van der Waals surface area contributed by atoms with Crippen LogP contribution in [-0.4, -0.2) is 38.6 Å². The molecule has 0 aliphatic heterocycles. The molecule has 1 amide bonds. The molecule has 2 heterocycles. The first-order valence-corrected chi connectivity index (χ1v) is 8.32. The number of ether oxygens (including phenoxy) is 1. The van der Waals surface area contributed by atoms with Gasteiger partial charge in [-0.2, -0.15) is 5.10 Å². The Morgan fingerprint density at radius 2 is 2.00 bits per heavy atom. The molecule has 136 valence electrons. The number of anilines is 1. The molecule has 7 nitrogen and oxygen atoms in total. The third-order valence-corrected chi connectivity index (χ3v) is 4.25. The molecule has 8 heteroatoms. The Morgan fingerprint density at radius 3 is 2.62 bits per heavy atom. The Kier molecular flexibility index (Phi) is 4.50. The van der Waals surface area contributed by atoms with Crippen molar-refractivity contribution in [2.75, 3.05) is 12.0 Å². The Labute approximate surface area is 155 Å². The number of aromatic nitrogens is 3. The van der Waals surface area contributed by atoms with E-state index in [2.05, 4.69) is 10.1 Å². The number of hydrogen-bond acceptors (Lipinski definition) is 4. The summed E-state index contributed by atoms with van der Waals surface area (Å²) in [7, 11) is 1.53. The lowest BCUT2D eigenvalue weighted by Gasteiger charge is -2.33. The van der Waals surface area contributed by atoms with Crippen molar-refractivity contribution in [2.45, 2.75) is 26.3 Å². The number of nitrogens with zero attached hydrogens (tertiary/aromatic N) is 4. The number of methoxy groups -OCH3 is 1. The van der Waals surface area contributed by atoms with Crippen LogP contribution in [0.3, 0.4) is 0 Å². The molecular formula is C18H19ClN4O3. The molecule has 0 radical (unpaired) electrons. The van der Waals surface area contributed by atoms with E-state index in [1.807, 2.05) is 20.8 Å². The van der Waals surface area contributed by atoms with E-state index in [1.165, 1.54) is 12.0 Å². The van der Waals surface area contributed by atoms with Crippen molar-refractivity contribution in [1.29, 1.82) is 0 Å². The van der Waals surface area contributed by atoms with Crippen molar-refractivity contribution in [3.05, 3.63) is 41.7 Å². The van der Waals surface area contributed by atoms with Crippen molar-refractivity contribution >= 4 is 34.3 Å². The Bertz CT molecular complexity index is 978. The quantitative estimate of drug-likeness (QED) is 0.736. The van der Waals surface area contributed by atoms with Crippen molar-refractivity contribution < 1.29 is 14.6 Å². The highest BCUT2D eigenvalue weighted by atomic mass is 35.5. The summed E-state index contributed by atoms with van der Waals surface area (Å²) in [5, 5.41) is 15.3. The number of halogens is 1. The molecular weight excluding hydrogens is 356 g/mol. The number of carbonyl (C=O) groups is 1. The molecule has 0 aliphatic carbocycles. The minimum Gasteiger partial charge on any atom is -0.481 e. The standard InChI is InChI=1S/C18H19ClN4O3/c1-18(2,3)22(17(24)25)11-5-6-13-14(9-11)21-23(16(13)19)12-7-8-20-15(10-12)26-4/h5-10H,1-4H3,(H,24,25). The third-order valence-electron chi connectivity index (χ3n) is 3.89. The number of carboxylic acid groups (broad SMARTS) is 1. The average molecular weight is 375 g/mol. The molecule has 0 saturated carbocycles. The summed E-state index contributed by atoms with van der Waals surface area (Å²) in [6, 6.07) is 8.70. The minimum absolute atomic E-state index is 0.428. The Hall–Kier alpha value is -2.80. The smallest absolute Gasteiger partial charge is 0.412 e. The van der Waals surface area contributed by atoms with Crippen LogP contribution in [0.5, 0.6) is 5.88 Å². The molecule has 26 heavy (non-hydrogen) atoms. The zero-order valence-electron chi connectivity index (χ0n) is 14.9. The molecule has 0 bridgehead atoms. The Balaban J connectivity index is 2.13. The second-order valence-electron chi connectivity index (χ2n) is 6.75. The maximum Gasteiger partial charge on any atom is 0.412 e. The van der Waals surface area contributed by atoms with E-state index in [0.717, 1.165) is 5.39 Å². The van der Waals surface area contributed by atoms with Crippen molar-refractivity contribution in [3.8, 4) is 11.6 Å². The van der Waals surface area contributed by atoms with Crippen molar-refractivity contribution in [1.82, 2.24) is 14.8 Å². The van der Waals surface area contributed by atoms with Gasteiger partial charge in [0.2, 0.25) is 5.88 Å². The van der Waals surface area contributed by atoms with Gasteiger partial charge >= 0.3 is 6.09 Å². The maximum atomic E-state index is 11.7. The number of fused-ring (bicyclic) bond motifs is 1. The summed E-state index contributed by atoms with van der Waals surface area (Å²) in [5.41, 5.74) is 1.24. The molecule has 0 saturated heterocycles. The van der Waals surface area contributed by atoms with Gasteiger partial charge in [0.1, 0.15) is 5.15 Å². The fourth-order valence-corrected chi connectivity index (χ4v) is 3.08. The van der Waals surface area contributed by atoms with E-state index in [1.54, 1.807) is 41.2 Å². The highest BCUT2D eigenvalue weighted by molar-refractivity contribution is 6.34. The van der Waals surface area contributed by atoms with E-state index in [4.69, 9.17) is 16.3 Å². The highest BCUT2D eigenvalue weighted by Gasteiger charge is 2.28. The SMILES string of the molecule is COc1cc(-n2nc3cc(N(C(=O)O)C(C)(C)C)ccc3c2Cl)ccn1. The molecule has 0 aliphatic rings. The lowest BCUT2D eigenvalue weighted by Crippen LogP contribution is -2.45. The molecule has 0 fully saturated rings. The van der Waals surface area contributed by atoms with Crippen LogP contribution in [0.25, 0.3) is 16.6 Å². The summed E-state index contributed by atoms with van der Waals surface area (Å²) >= 11 is 6.48. The second-order valence-corrected chi connectivity index (χ2v) is 7.11. The first-order chi connectivity index (χ1) is 12.2. The molecule has 1 aromatic carbocycles. The monoisotopic (exact) mass is 374 g/mol. The molecule has 3 rings (SSSR count). The zero-order chi connectivity index (χ0) is 19.1. The summed E-state index contributed by atoms with van der Waals surface area (Å²) in [4.78, 5) is 17.1. The lowest BCUT2D eigenvalue weighted by molar-refractivity contribution is 0.195. The first kappa shape index (κ1) is 18.0. The summed E-state index contributed by atoms with van der Waals surface area (Å²) < 4.78 is 6.71. The summed E-state index contributed by atoms with van der Waals surface area (Å²) in [6.45, 7) is 5.50. The second kappa shape index (κ2) is 6.49. The summed E-state index contributed by atoms with van der Waals surface area (Å²) in [5.74, 6) is 0.448. The van der Waals surface area contributed by atoms with E-state index in [-0.39, 0.29) is 0 Å². The Morgan fingerprint density at radius 1 is 1.27 bits per heavy atom. The van der Waals surface area contributed by atoms with E-state index in [9.17, 15) is 9.90 Å². The molecule has 2 aromatic heterocycles. The van der Waals surface area contributed by atoms with Crippen LogP contribution < -0.4 is 9.64 Å². The molecule has 1 N–H and O–H groups in total. The number of hydrogen-bond donors (Lipinski definition) is 1. The van der Waals surface area contributed by atoms with Gasteiger partial charge in [-0.15, -0.1) is 0 Å². The number of pyridine rings is 1. The van der Waals surface area contributed by atoms with Crippen LogP contribution >= 0.6 is 11.6 Å².